The van der Waals surface area contributed by atoms with E-state index in [-0.39, 0.29) is 23.4 Å². The summed E-state index contributed by atoms with van der Waals surface area (Å²) in [5, 5.41) is 18.0. The van der Waals surface area contributed by atoms with E-state index in [4.69, 9.17) is 19.5 Å². The van der Waals surface area contributed by atoms with E-state index in [9.17, 15) is 8.78 Å². The van der Waals surface area contributed by atoms with Gasteiger partial charge in [-0.3, -0.25) is 0 Å². The van der Waals surface area contributed by atoms with Crippen LogP contribution < -0.4 is 14.9 Å². The molecular weight excluding hydrogens is 281 g/mol. The second kappa shape index (κ2) is 6.56. The summed E-state index contributed by atoms with van der Waals surface area (Å²) in [5.41, 5.74) is 0.228. The first-order valence-corrected chi connectivity index (χ1v) is 6.11. The lowest BCUT2D eigenvalue weighted by molar-refractivity contribution is 0.297. The van der Waals surface area contributed by atoms with Gasteiger partial charge in [-0.2, -0.15) is 0 Å². The molecule has 0 aliphatic heterocycles. The number of hydrogen-bond acceptors (Lipinski definition) is 4. The Morgan fingerprint density at radius 1 is 1.05 bits per heavy atom. The largest absolute Gasteiger partial charge is 0.497 e. The van der Waals surface area contributed by atoms with Crippen molar-refractivity contribution in [3.05, 3.63) is 53.6 Å². The first kappa shape index (κ1) is 15.3. The van der Waals surface area contributed by atoms with E-state index in [0.29, 0.717) is 5.75 Å². The van der Waals surface area contributed by atoms with Crippen LogP contribution in [0.5, 0.6) is 11.5 Å². The van der Waals surface area contributed by atoms with E-state index in [1.165, 1.54) is 25.3 Å². The fourth-order valence-electron chi connectivity index (χ4n) is 1.75. The number of ether oxygens (including phenoxy) is 2. The molecule has 0 bridgehead atoms. The molecule has 2 N–H and O–H groups in total. The maximum absolute atomic E-state index is 13.7. The Bertz CT molecular complexity index is 634. The maximum atomic E-state index is 13.7. The smallest absolute Gasteiger partial charge is 0.488 e. The molecule has 0 unspecified atom stereocenters. The molecule has 110 valence electrons. The molecule has 0 saturated carbocycles. The summed E-state index contributed by atoms with van der Waals surface area (Å²) in [4.78, 5) is 0. The van der Waals surface area contributed by atoms with Crippen LogP contribution in [0.4, 0.5) is 8.78 Å². The summed E-state index contributed by atoms with van der Waals surface area (Å²) >= 11 is 0. The van der Waals surface area contributed by atoms with Gasteiger partial charge in [0, 0.05) is 17.7 Å². The quantitative estimate of drug-likeness (QED) is 0.814. The van der Waals surface area contributed by atoms with Gasteiger partial charge < -0.3 is 19.5 Å². The number of halogens is 2. The monoisotopic (exact) mass is 294 g/mol. The summed E-state index contributed by atoms with van der Waals surface area (Å²) < 4.78 is 37.2. The van der Waals surface area contributed by atoms with Gasteiger partial charge in [0.25, 0.3) is 0 Å². The predicted molar refractivity (Wildman–Crippen MR) is 73.5 cm³/mol. The predicted octanol–water partition coefficient (Wildman–Crippen LogP) is 1.23. The lowest BCUT2D eigenvalue weighted by atomic mass is 9.80. The number of rotatable bonds is 5. The Hall–Kier alpha value is -2.12. The van der Waals surface area contributed by atoms with Gasteiger partial charge in [-0.25, -0.2) is 8.78 Å². The SMILES string of the molecule is COc1ccc(COc2cc(F)cc(B(O)O)c2)c(F)c1. The molecule has 0 saturated heterocycles. The standard InChI is InChI=1S/C14H13BF2O4/c1-20-12-3-2-9(14(17)7-12)8-21-13-5-10(15(18)19)4-11(16)6-13/h2-7,18-19H,8H2,1H3. The Morgan fingerprint density at radius 3 is 2.43 bits per heavy atom. The Balaban J connectivity index is 2.13. The van der Waals surface area contributed by atoms with Crippen LogP contribution in [-0.2, 0) is 6.61 Å². The molecule has 0 fully saturated rings. The van der Waals surface area contributed by atoms with Crippen molar-refractivity contribution >= 4 is 12.6 Å². The molecule has 7 heteroatoms. The molecule has 21 heavy (non-hydrogen) atoms. The van der Waals surface area contributed by atoms with Crippen LogP contribution >= 0.6 is 0 Å². The van der Waals surface area contributed by atoms with Crippen molar-refractivity contribution < 1.29 is 28.3 Å². The normalized spacial score (nSPS) is 10.3. The van der Waals surface area contributed by atoms with E-state index < -0.39 is 18.8 Å². The van der Waals surface area contributed by atoms with Gasteiger partial charge in [-0.15, -0.1) is 0 Å². The molecule has 2 rings (SSSR count). The molecule has 2 aromatic rings. The van der Waals surface area contributed by atoms with E-state index in [0.717, 1.165) is 12.1 Å². The lowest BCUT2D eigenvalue weighted by Gasteiger charge is -2.10. The number of benzene rings is 2. The highest BCUT2D eigenvalue weighted by Crippen LogP contribution is 2.19. The summed E-state index contributed by atoms with van der Waals surface area (Å²) in [6.45, 7) is -0.125. The minimum atomic E-state index is -1.80. The van der Waals surface area contributed by atoms with E-state index in [2.05, 4.69) is 0 Å². The summed E-state index contributed by atoms with van der Waals surface area (Å²) in [5.74, 6) is -0.722. The van der Waals surface area contributed by atoms with Crippen molar-refractivity contribution in [3.8, 4) is 11.5 Å². The zero-order chi connectivity index (χ0) is 15.4. The van der Waals surface area contributed by atoms with Crippen molar-refractivity contribution in [1.82, 2.24) is 0 Å². The highest BCUT2D eigenvalue weighted by Gasteiger charge is 2.14. The van der Waals surface area contributed by atoms with Crippen molar-refractivity contribution in [1.29, 1.82) is 0 Å². The molecular formula is C14H13BF2O4. The van der Waals surface area contributed by atoms with Crippen LogP contribution in [0.3, 0.4) is 0 Å². The number of methoxy groups -OCH3 is 1. The van der Waals surface area contributed by atoms with Gasteiger partial charge in [-0.05, 0) is 29.7 Å². The van der Waals surface area contributed by atoms with Gasteiger partial charge in [0.1, 0.15) is 29.7 Å². The van der Waals surface area contributed by atoms with Crippen molar-refractivity contribution in [2.75, 3.05) is 7.11 Å². The van der Waals surface area contributed by atoms with E-state index in [1.807, 2.05) is 0 Å². The average Bonchev–Trinajstić information content (AvgIpc) is 2.45. The molecule has 0 radical (unpaired) electrons. The van der Waals surface area contributed by atoms with Crippen LogP contribution in [0.25, 0.3) is 0 Å². The third kappa shape index (κ3) is 3.93. The minimum absolute atomic E-state index is 0.0415. The Labute approximate surface area is 120 Å². The fourth-order valence-corrected chi connectivity index (χ4v) is 1.75. The molecule has 0 aliphatic carbocycles. The lowest BCUT2D eigenvalue weighted by Crippen LogP contribution is -2.30. The molecule has 0 amide bonds. The van der Waals surface area contributed by atoms with Gasteiger partial charge in [0.05, 0.1) is 7.11 Å². The van der Waals surface area contributed by atoms with Crippen LogP contribution in [0, 0.1) is 11.6 Å². The summed E-state index contributed by atoms with van der Waals surface area (Å²) in [6, 6.07) is 7.62. The van der Waals surface area contributed by atoms with E-state index in [1.54, 1.807) is 6.07 Å². The minimum Gasteiger partial charge on any atom is -0.497 e. The van der Waals surface area contributed by atoms with E-state index >= 15 is 0 Å². The molecule has 0 aliphatic rings. The molecule has 2 aromatic carbocycles. The van der Waals surface area contributed by atoms with Gasteiger partial charge >= 0.3 is 7.12 Å². The van der Waals surface area contributed by atoms with Gasteiger partial charge in [0.15, 0.2) is 0 Å². The first-order valence-electron chi connectivity index (χ1n) is 6.11. The maximum Gasteiger partial charge on any atom is 0.488 e. The summed E-state index contributed by atoms with van der Waals surface area (Å²) in [6.07, 6.45) is 0. The van der Waals surface area contributed by atoms with Gasteiger partial charge in [-0.1, -0.05) is 0 Å². The molecule has 0 heterocycles. The molecule has 0 spiro atoms. The Kier molecular flexibility index (Phi) is 4.77. The second-order valence-corrected chi connectivity index (χ2v) is 4.34. The topological polar surface area (TPSA) is 58.9 Å². The first-order chi connectivity index (χ1) is 9.99. The summed E-state index contributed by atoms with van der Waals surface area (Å²) in [7, 11) is -0.375. The van der Waals surface area contributed by atoms with Crippen LogP contribution in [0.2, 0.25) is 0 Å². The fraction of sp³-hybridized carbons (Fsp3) is 0.143. The average molecular weight is 294 g/mol. The van der Waals surface area contributed by atoms with Crippen molar-refractivity contribution in [2.45, 2.75) is 6.61 Å². The van der Waals surface area contributed by atoms with Crippen LogP contribution in [-0.4, -0.2) is 24.3 Å². The molecule has 4 nitrogen and oxygen atoms in total. The molecule has 0 aromatic heterocycles. The second-order valence-electron chi connectivity index (χ2n) is 4.34. The highest BCUT2D eigenvalue weighted by atomic mass is 19.1. The highest BCUT2D eigenvalue weighted by molar-refractivity contribution is 6.58. The van der Waals surface area contributed by atoms with Crippen LogP contribution in [0.1, 0.15) is 5.56 Å². The van der Waals surface area contributed by atoms with Crippen molar-refractivity contribution in [3.63, 3.8) is 0 Å². The third-order valence-corrected chi connectivity index (χ3v) is 2.85. The van der Waals surface area contributed by atoms with Crippen LogP contribution in [0.15, 0.2) is 36.4 Å². The third-order valence-electron chi connectivity index (χ3n) is 2.85. The van der Waals surface area contributed by atoms with Gasteiger partial charge in [0.2, 0.25) is 0 Å². The zero-order valence-corrected chi connectivity index (χ0v) is 11.2. The molecule has 0 atom stereocenters. The zero-order valence-electron chi connectivity index (χ0n) is 11.2. The van der Waals surface area contributed by atoms with Crippen molar-refractivity contribution in [2.24, 2.45) is 0 Å². The number of hydrogen-bond donors (Lipinski definition) is 2. The Morgan fingerprint density at radius 2 is 1.81 bits per heavy atom.